The van der Waals surface area contributed by atoms with E-state index in [1.165, 1.54) is 12.1 Å². The fraction of sp³-hybridized carbons (Fsp3) is 0.438. The fourth-order valence-corrected chi connectivity index (χ4v) is 2.28. The number of hydrogen-bond acceptors (Lipinski definition) is 3. The zero-order valence-corrected chi connectivity index (χ0v) is 13.0. The highest BCUT2D eigenvalue weighted by Crippen LogP contribution is 2.27. The summed E-state index contributed by atoms with van der Waals surface area (Å²) in [7, 11) is 1.92. The van der Waals surface area contributed by atoms with Gasteiger partial charge < -0.3 is 10.1 Å². The maximum absolute atomic E-state index is 13.3. The van der Waals surface area contributed by atoms with Crippen molar-refractivity contribution in [3.8, 4) is 5.75 Å². The molecule has 0 aliphatic carbocycles. The Labute approximate surface area is 124 Å². The highest BCUT2D eigenvalue weighted by atomic mass is 19.1. The van der Waals surface area contributed by atoms with Crippen LogP contribution in [0.15, 0.2) is 24.4 Å². The van der Waals surface area contributed by atoms with Crippen LogP contribution < -0.4 is 10.1 Å². The number of nitrogens with zero attached hydrogens (tertiary/aromatic N) is 2. The lowest BCUT2D eigenvalue weighted by atomic mass is 10.1. The Bertz CT molecular complexity index is 608. The van der Waals surface area contributed by atoms with Crippen LogP contribution >= 0.6 is 0 Å². The number of benzene rings is 1. The van der Waals surface area contributed by atoms with Gasteiger partial charge in [-0.25, -0.2) is 4.39 Å². The molecule has 0 fully saturated rings. The quantitative estimate of drug-likeness (QED) is 0.882. The molecule has 0 aliphatic heterocycles. The lowest BCUT2D eigenvalue weighted by Crippen LogP contribution is -2.05. The van der Waals surface area contributed by atoms with Gasteiger partial charge in [-0.3, -0.25) is 4.68 Å². The molecule has 0 amide bonds. The summed E-state index contributed by atoms with van der Waals surface area (Å²) in [4.78, 5) is 0. The molecule has 0 saturated carbocycles. The van der Waals surface area contributed by atoms with Crippen LogP contribution in [-0.2, 0) is 13.6 Å². The normalized spacial score (nSPS) is 11.0. The van der Waals surface area contributed by atoms with Gasteiger partial charge in [0.2, 0.25) is 0 Å². The van der Waals surface area contributed by atoms with Crippen molar-refractivity contribution in [2.75, 3.05) is 11.9 Å². The summed E-state index contributed by atoms with van der Waals surface area (Å²) in [6, 6.07) is 4.53. The Balaban J connectivity index is 2.16. The molecule has 21 heavy (non-hydrogen) atoms. The predicted octanol–water partition coefficient (Wildman–Crippen LogP) is 3.69. The molecule has 0 saturated heterocycles. The van der Waals surface area contributed by atoms with Crippen molar-refractivity contribution in [3.63, 3.8) is 0 Å². The Hall–Kier alpha value is -2.04. The van der Waals surface area contributed by atoms with Crippen LogP contribution in [0.1, 0.15) is 37.9 Å². The topological polar surface area (TPSA) is 39.1 Å². The van der Waals surface area contributed by atoms with Crippen molar-refractivity contribution in [3.05, 3.63) is 41.5 Å². The van der Waals surface area contributed by atoms with Crippen molar-refractivity contribution in [1.29, 1.82) is 0 Å². The van der Waals surface area contributed by atoms with Gasteiger partial charge in [0.1, 0.15) is 11.6 Å². The maximum atomic E-state index is 13.3. The second-order valence-corrected chi connectivity index (χ2v) is 5.29. The standard InChI is InChI=1S/C16H22FN3O/c1-5-21-15-8-13(17)6-7-14(15)18-9-12-10-20(4)19-16(12)11(2)3/h6-8,10-11,18H,5,9H2,1-4H3. The molecule has 4 nitrogen and oxygen atoms in total. The lowest BCUT2D eigenvalue weighted by molar-refractivity contribution is 0.340. The number of anilines is 1. The van der Waals surface area contributed by atoms with Gasteiger partial charge in [0.05, 0.1) is 18.0 Å². The van der Waals surface area contributed by atoms with Gasteiger partial charge in [-0.1, -0.05) is 13.8 Å². The highest BCUT2D eigenvalue weighted by Gasteiger charge is 2.12. The van der Waals surface area contributed by atoms with Gasteiger partial charge in [0.15, 0.2) is 0 Å². The van der Waals surface area contributed by atoms with E-state index in [9.17, 15) is 4.39 Å². The van der Waals surface area contributed by atoms with Crippen LogP contribution in [0.3, 0.4) is 0 Å². The fourth-order valence-electron chi connectivity index (χ4n) is 2.28. The molecule has 0 spiro atoms. The van der Waals surface area contributed by atoms with E-state index >= 15 is 0 Å². The molecule has 1 aromatic carbocycles. The van der Waals surface area contributed by atoms with Gasteiger partial charge in [0.25, 0.3) is 0 Å². The number of halogens is 1. The first-order valence-corrected chi connectivity index (χ1v) is 7.20. The van der Waals surface area contributed by atoms with Gasteiger partial charge in [-0.2, -0.15) is 5.10 Å². The Morgan fingerprint density at radius 3 is 2.81 bits per heavy atom. The van der Waals surface area contributed by atoms with E-state index in [4.69, 9.17) is 4.74 Å². The number of hydrogen-bond donors (Lipinski definition) is 1. The second-order valence-electron chi connectivity index (χ2n) is 5.29. The molecule has 0 atom stereocenters. The van der Waals surface area contributed by atoms with Crippen LogP contribution in [-0.4, -0.2) is 16.4 Å². The molecule has 0 unspecified atom stereocenters. The summed E-state index contributed by atoms with van der Waals surface area (Å²) >= 11 is 0. The molecule has 1 N–H and O–H groups in total. The third kappa shape index (κ3) is 3.74. The zero-order chi connectivity index (χ0) is 15.4. The van der Waals surface area contributed by atoms with Gasteiger partial charge in [-0.15, -0.1) is 0 Å². The Morgan fingerprint density at radius 1 is 1.38 bits per heavy atom. The van der Waals surface area contributed by atoms with E-state index in [0.29, 0.717) is 24.8 Å². The van der Waals surface area contributed by atoms with Gasteiger partial charge in [-0.05, 0) is 25.0 Å². The predicted molar refractivity (Wildman–Crippen MR) is 82.2 cm³/mol. The van der Waals surface area contributed by atoms with E-state index in [-0.39, 0.29) is 5.82 Å². The van der Waals surface area contributed by atoms with Crippen molar-refractivity contribution < 1.29 is 9.13 Å². The molecule has 1 heterocycles. The minimum Gasteiger partial charge on any atom is -0.492 e. The van der Waals surface area contributed by atoms with Crippen LogP contribution in [0.2, 0.25) is 0 Å². The first-order chi connectivity index (χ1) is 10.0. The van der Waals surface area contributed by atoms with E-state index in [0.717, 1.165) is 16.9 Å². The number of ether oxygens (including phenoxy) is 1. The van der Waals surface area contributed by atoms with Crippen molar-refractivity contribution in [2.45, 2.75) is 33.2 Å². The summed E-state index contributed by atoms with van der Waals surface area (Å²) in [5.74, 6) is 0.600. The second kappa shape index (κ2) is 6.61. The molecule has 114 valence electrons. The molecular formula is C16H22FN3O. The highest BCUT2D eigenvalue weighted by molar-refractivity contribution is 5.56. The maximum Gasteiger partial charge on any atom is 0.145 e. The first-order valence-electron chi connectivity index (χ1n) is 7.20. The van der Waals surface area contributed by atoms with Gasteiger partial charge >= 0.3 is 0 Å². The third-order valence-electron chi connectivity index (χ3n) is 3.20. The summed E-state index contributed by atoms with van der Waals surface area (Å²) in [5.41, 5.74) is 3.00. The molecule has 0 radical (unpaired) electrons. The van der Waals surface area contributed by atoms with E-state index < -0.39 is 0 Å². The van der Waals surface area contributed by atoms with Crippen LogP contribution in [0.25, 0.3) is 0 Å². The average Bonchev–Trinajstić information content (AvgIpc) is 2.80. The number of aryl methyl sites for hydroxylation is 1. The summed E-state index contributed by atoms with van der Waals surface area (Å²) < 4.78 is 20.6. The minimum atomic E-state index is -0.298. The molecular weight excluding hydrogens is 269 g/mol. The first kappa shape index (κ1) is 15.4. The van der Waals surface area contributed by atoms with Crippen LogP contribution in [0.5, 0.6) is 5.75 Å². The minimum absolute atomic E-state index is 0.298. The molecule has 2 rings (SSSR count). The Kier molecular flexibility index (Phi) is 4.83. The van der Waals surface area contributed by atoms with E-state index in [1.807, 2.05) is 24.9 Å². The van der Waals surface area contributed by atoms with Crippen LogP contribution in [0, 0.1) is 5.82 Å². The summed E-state index contributed by atoms with van der Waals surface area (Å²) in [5, 5.41) is 7.79. The monoisotopic (exact) mass is 291 g/mol. The molecule has 2 aromatic rings. The Morgan fingerprint density at radius 2 is 2.14 bits per heavy atom. The smallest absolute Gasteiger partial charge is 0.145 e. The van der Waals surface area contributed by atoms with Crippen molar-refractivity contribution in [1.82, 2.24) is 9.78 Å². The molecule has 5 heteroatoms. The van der Waals surface area contributed by atoms with E-state index in [1.54, 1.807) is 6.07 Å². The molecule has 0 aliphatic rings. The average molecular weight is 291 g/mol. The molecule has 0 bridgehead atoms. The zero-order valence-electron chi connectivity index (χ0n) is 13.0. The van der Waals surface area contributed by atoms with Gasteiger partial charge in [0, 0.05) is 31.4 Å². The molecule has 1 aromatic heterocycles. The lowest BCUT2D eigenvalue weighted by Gasteiger charge is -2.13. The third-order valence-corrected chi connectivity index (χ3v) is 3.20. The SMILES string of the molecule is CCOc1cc(F)ccc1NCc1cn(C)nc1C(C)C. The summed E-state index contributed by atoms with van der Waals surface area (Å²) in [6.07, 6.45) is 2.01. The number of rotatable bonds is 6. The van der Waals surface area contributed by atoms with Crippen molar-refractivity contribution >= 4 is 5.69 Å². The number of nitrogens with one attached hydrogen (secondary N) is 1. The van der Waals surface area contributed by atoms with Crippen LogP contribution in [0.4, 0.5) is 10.1 Å². The van der Waals surface area contributed by atoms with Crippen molar-refractivity contribution in [2.24, 2.45) is 7.05 Å². The largest absolute Gasteiger partial charge is 0.492 e. The number of aromatic nitrogens is 2. The van der Waals surface area contributed by atoms with E-state index in [2.05, 4.69) is 24.3 Å². The summed E-state index contributed by atoms with van der Waals surface area (Å²) in [6.45, 7) is 7.26.